The van der Waals surface area contributed by atoms with E-state index in [2.05, 4.69) is 4.98 Å². The summed E-state index contributed by atoms with van der Waals surface area (Å²) in [7, 11) is 0. The quantitative estimate of drug-likeness (QED) is 0.443. The Morgan fingerprint density at radius 2 is 1.57 bits per heavy atom. The van der Waals surface area contributed by atoms with Crippen LogP contribution < -0.4 is 5.56 Å². The molecule has 0 atom stereocenters. The third-order valence-corrected chi connectivity index (χ3v) is 4.35. The molecule has 0 aliphatic heterocycles. The minimum absolute atomic E-state index is 0.0571. The van der Waals surface area contributed by atoms with Crippen LogP contribution in [0.25, 0.3) is 21.7 Å². The van der Waals surface area contributed by atoms with Crippen LogP contribution in [0.5, 0.6) is 0 Å². The van der Waals surface area contributed by atoms with Crippen LogP contribution in [0.15, 0.2) is 71.5 Å². The molecule has 4 rings (SSSR count). The molecule has 0 amide bonds. The Kier molecular flexibility index (Phi) is 3.32. The third-order valence-electron chi connectivity index (χ3n) is 4.03. The third kappa shape index (κ3) is 2.47. The Balaban J connectivity index is 1.97. The van der Waals surface area contributed by atoms with E-state index in [0.717, 1.165) is 21.9 Å². The van der Waals surface area contributed by atoms with Crippen LogP contribution in [0.1, 0.15) is 5.56 Å². The van der Waals surface area contributed by atoms with Gasteiger partial charge in [-0.1, -0.05) is 54.6 Å². The molecule has 0 unspecified atom stereocenters. The molecule has 4 heteroatoms. The van der Waals surface area contributed by atoms with Crippen LogP contribution in [0.2, 0.25) is 0 Å². The summed E-state index contributed by atoms with van der Waals surface area (Å²) in [5, 5.41) is 2.80. The number of benzene rings is 3. The number of aromatic nitrogens is 2. The van der Waals surface area contributed by atoms with Gasteiger partial charge >= 0.3 is 0 Å². The standard InChI is InChI=1S/C19H14N2OS/c22-18-16-10-14-8-4-5-9-15(14)11-17(16)20-19(23)21(18)12-13-6-2-1-3-7-13/h1-11H,12H2,(H,20,23). The smallest absolute Gasteiger partial charge is 0.262 e. The molecule has 0 saturated heterocycles. The van der Waals surface area contributed by atoms with E-state index < -0.39 is 0 Å². The van der Waals surface area contributed by atoms with E-state index in [0.29, 0.717) is 16.7 Å². The maximum atomic E-state index is 12.9. The van der Waals surface area contributed by atoms with Crippen molar-refractivity contribution in [2.75, 3.05) is 0 Å². The van der Waals surface area contributed by atoms with Gasteiger partial charge in [0, 0.05) is 0 Å². The van der Waals surface area contributed by atoms with E-state index in [1.54, 1.807) is 4.57 Å². The Morgan fingerprint density at radius 1 is 0.913 bits per heavy atom. The molecule has 3 aromatic carbocycles. The van der Waals surface area contributed by atoms with Crippen molar-refractivity contribution in [1.82, 2.24) is 9.55 Å². The number of H-pyrrole nitrogens is 1. The van der Waals surface area contributed by atoms with Gasteiger partial charge < -0.3 is 4.98 Å². The highest BCUT2D eigenvalue weighted by Gasteiger charge is 2.07. The highest BCUT2D eigenvalue weighted by molar-refractivity contribution is 7.71. The van der Waals surface area contributed by atoms with Crippen LogP contribution in [0.3, 0.4) is 0 Å². The summed E-state index contributed by atoms with van der Waals surface area (Å²) < 4.78 is 2.06. The van der Waals surface area contributed by atoms with Gasteiger partial charge in [-0.15, -0.1) is 0 Å². The van der Waals surface area contributed by atoms with Crippen molar-refractivity contribution in [3.63, 3.8) is 0 Å². The zero-order valence-electron chi connectivity index (χ0n) is 12.3. The summed E-state index contributed by atoms with van der Waals surface area (Å²) in [4.78, 5) is 16.1. The van der Waals surface area contributed by atoms with Gasteiger partial charge in [0.25, 0.3) is 5.56 Å². The van der Waals surface area contributed by atoms with E-state index in [9.17, 15) is 4.79 Å². The largest absolute Gasteiger partial charge is 0.332 e. The highest BCUT2D eigenvalue weighted by Crippen LogP contribution is 2.19. The molecule has 0 aliphatic carbocycles. The Labute approximate surface area is 137 Å². The van der Waals surface area contributed by atoms with Crippen LogP contribution in [-0.2, 0) is 6.54 Å². The molecule has 0 spiro atoms. The molecule has 4 aromatic rings. The average Bonchev–Trinajstić information content (AvgIpc) is 2.58. The number of fused-ring (bicyclic) bond motifs is 2. The molecule has 3 nitrogen and oxygen atoms in total. The molecular weight excluding hydrogens is 304 g/mol. The summed E-state index contributed by atoms with van der Waals surface area (Å²) in [6, 6.07) is 21.8. The van der Waals surface area contributed by atoms with Crippen molar-refractivity contribution in [2.24, 2.45) is 0 Å². The second kappa shape index (κ2) is 5.48. The first-order valence-electron chi connectivity index (χ1n) is 7.42. The number of nitrogens with zero attached hydrogens (tertiary/aromatic N) is 1. The molecule has 0 fully saturated rings. The summed E-state index contributed by atoms with van der Waals surface area (Å²) in [5.74, 6) is 0. The summed E-state index contributed by atoms with van der Waals surface area (Å²) >= 11 is 5.40. The first-order chi connectivity index (χ1) is 11.2. The molecule has 0 bridgehead atoms. The van der Waals surface area contributed by atoms with Gasteiger partial charge in [-0.2, -0.15) is 0 Å². The maximum absolute atomic E-state index is 12.9. The number of rotatable bonds is 2. The SMILES string of the molecule is O=c1c2cc3ccccc3cc2[nH]c(=S)n1Cc1ccccc1. The minimum atomic E-state index is -0.0571. The molecule has 1 N–H and O–H groups in total. The molecule has 23 heavy (non-hydrogen) atoms. The van der Waals surface area contributed by atoms with Gasteiger partial charge in [0.15, 0.2) is 4.77 Å². The van der Waals surface area contributed by atoms with Gasteiger partial charge in [-0.05, 0) is 40.7 Å². The lowest BCUT2D eigenvalue weighted by Crippen LogP contribution is -2.22. The summed E-state index contributed by atoms with van der Waals surface area (Å²) in [6.07, 6.45) is 0. The Bertz CT molecular complexity index is 1130. The number of nitrogens with one attached hydrogen (secondary N) is 1. The lowest BCUT2D eigenvalue weighted by atomic mass is 10.1. The van der Waals surface area contributed by atoms with Crippen molar-refractivity contribution in [3.8, 4) is 0 Å². The number of hydrogen-bond donors (Lipinski definition) is 1. The maximum Gasteiger partial charge on any atom is 0.262 e. The van der Waals surface area contributed by atoms with E-state index in [-0.39, 0.29) is 5.56 Å². The lowest BCUT2D eigenvalue weighted by Gasteiger charge is -2.09. The fourth-order valence-electron chi connectivity index (χ4n) is 2.85. The lowest BCUT2D eigenvalue weighted by molar-refractivity contribution is 0.734. The van der Waals surface area contributed by atoms with Gasteiger partial charge in [-0.25, -0.2) is 0 Å². The van der Waals surface area contributed by atoms with Crippen molar-refractivity contribution < 1.29 is 0 Å². The predicted octanol–water partition coefficient (Wildman–Crippen LogP) is 4.26. The first-order valence-corrected chi connectivity index (χ1v) is 7.83. The average molecular weight is 318 g/mol. The van der Waals surface area contributed by atoms with Crippen molar-refractivity contribution >= 4 is 33.9 Å². The van der Waals surface area contributed by atoms with E-state index in [1.165, 1.54) is 0 Å². The zero-order valence-corrected chi connectivity index (χ0v) is 13.1. The Hall–Kier alpha value is -2.72. The molecule has 1 aromatic heterocycles. The molecule has 0 radical (unpaired) electrons. The van der Waals surface area contributed by atoms with Crippen LogP contribution >= 0.6 is 12.2 Å². The summed E-state index contributed by atoms with van der Waals surface area (Å²) in [5.41, 5.74) is 1.77. The Morgan fingerprint density at radius 3 is 2.30 bits per heavy atom. The fourth-order valence-corrected chi connectivity index (χ4v) is 3.11. The van der Waals surface area contributed by atoms with E-state index >= 15 is 0 Å². The minimum Gasteiger partial charge on any atom is -0.332 e. The van der Waals surface area contributed by atoms with Crippen LogP contribution in [-0.4, -0.2) is 9.55 Å². The first kappa shape index (κ1) is 13.9. The zero-order chi connectivity index (χ0) is 15.8. The molecule has 0 aliphatic rings. The normalized spacial score (nSPS) is 11.1. The van der Waals surface area contributed by atoms with Crippen LogP contribution in [0, 0.1) is 4.77 Å². The van der Waals surface area contributed by atoms with E-state index in [1.807, 2.05) is 66.7 Å². The van der Waals surface area contributed by atoms with Gasteiger partial charge in [0.05, 0.1) is 17.4 Å². The molecule has 112 valence electrons. The summed E-state index contributed by atoms with van der Waals surface area (Å²) in [6.45, 7) is 0.470. The van der Waals surface area contributed by atoms with Crippen molar-refractivity contribution in [2.45, 2.75) is 6.54 Å². The number of hydrogen-bond acceptors (Lipinski definition) is 2. The molecule has 1 heterocycles. The number of aromatic amines is 1. The monoisotopic (exact) mass is 318 g/mol. The van der Waals surface area contributed by atoms with Crippen LogP contribution in [0.4, 0.5) is 0 Å². The molecule has 0 saturated carbocycles. The van der Waals surface area contributed by atoms with Gasteiger partial charge in [0.1, 0.15) is 0 Å². The topological polar surface area (TPSA) is 37.8 Å². The van der Waals surface area contributed by atoms with Crippen molar-refractivity contribution in [1.29, 1.82) is 0 Å². The second-order valence-electron chi connectivity index (χ2n) is 5.55. The second-order valence-corrected chi connectivity index (χ2v) is 5.94. The fraction of sp³-hybridized carbons (Fsp3) is 0.0526. The van der Waals surface area contributed by atoms with E-state index in [4.69, 9.17) is 12.2 Å². The molecular formula is C19H14N2OS. The van der Waals surface area contributed by atoms with Gasteiger partial charge in [-0.3, -0.25) is 9.36 Å². The van der Waals surface area contributed by atoms with Gasteiger partial charge in [0.2, 0.25) is 0 Å². The van der Waals surface area contributed by atoms with Crippen molar-refractivity contribution in [3.05, 3.63) is 87.4 Å². The predicted molar refractivity (Wildman–Crippen MR) is 96.4 cm³/mol. The highest BCUT2D eigenvalue weighted by atomic mass is 32.1.